The summed E-state index contributed by atoms with van der Waals surface area (Å²) in [6.07, 6.45) is 1.78. The first kappa shape index (κ1) is 24.6. The van der Waals surface area contributed by atoms with Gasteiger partial charge in [-0.05, 0) is 52.5 Å². The van der Waals surface area contributed by atoms with E-state index in [0.29, 0.717) is 51.0 Å². The minimum atomic E-state index is -1.15. The number of aliphatic hydroxyl groups excluding tert-OH is 1. The van der Waals surface area contributed by atoms with E-state index in [9.17, 15) is 19.5 Å². The predicted octanol–water partition coefficient (Wildman–Crippen LogP) is -2.31. The maximum Gasteiger partial charge on any atom is 0.245 e. The van der Waals surface area contributed by atoms with Crippen LogP contribution in [0.3, 0.4) is 0 Å². The Morgan fingerprint density at radius 2 is 2.03 bits per heavy atom. The average molecular weight is 440 g/mol. The molecule has 3 amide bonds. The second kappa shape index (κ2) is 11.7. The Kier molecular flexibility index (Phi) is 9.27. The third-order valence-electron chi connectivity index (χ3n) is 5.33. The van der Waals surface area contributed by atoms with Gasteiger partial charge in [-0.25, -0.2) is 0 Å². The van der Waals surface area contributed by atoms with Gasteiger partial charge in [-0.3, -0.25) is 14.4 Å². The summed E-state index contributed by atoms with van der Waals surface area (Å²) in [7, 11) is 0. The molecule has 0 saturated carbocycles. The van der Waals surface area contributed by atoms with E-state index in [1.54, 1.807) is 6.92 Å². The molecule has 0 radical (unpaired) electrons. The van der Waals surface area contributed by atoms with Gasteiger partial charge < -0.3 is 32.1 Å². The Hall–Kier alpha value is -2.64. The van der Waals surface area contributed by atoms with Crippen molar-refractivity contribution >= 4 is 17.7 Å². The van der Waals surface area contributed by atoms with Crippen molar-refractivity contribution in [1.29, 1.82) is 0 Å². The minimum absolute atomic E-state index is 0.323. The van der Waals surface area contributed by atoms with E-state index in [4.69, 9.17) is 11.5 Å². The van der Waals surface area contributed by atoms with E-state index in [1.165, 1.54) is 11.8 Å². The number of carbonyl (C=O) groups excluding carboxylic acids is 3. The molecular weight excluding hydrogens is 406 g/mol. The van der Waals surface area contributed by atoms with Crippen molar-refractivity contribution in [2.24, 2.45) is 11.5 Å². The monoisotopic (exact) mass is 439 g/mol. The van der Waals surface area contributed by atoms with Gasteiger partial charge in [-0.2, -0.15) is 5.21 Å². The number of aromatic nitrogens is 4. The SMILES string of the molecule is CC(NC(=O)C1CCCN1C(=O)C(CCCCN)NC(=O)C(N)C(C)O)c1nn[nH]n1. The molecule has 13 nitrogen and oxygen atoms in total. The molecule has 8 N–H and O–H groups in total. The van der Waals surface area contributed by atoms with Crippen LogP contribution in [-0.4, -0.2) is 85.7 Å². The Balaban J connectivity index is 2.07. The summed E-state index contributed by atoms with van der Waals surface area (Å²) in [5.74, 6) is -0.959. The fraction of sp³-hybridized carbons (Fsp3) is 0.778. The largest absolute Gasteiger partial charge is 0.391 e. The number of rotatable bonds is 11. The molecule has 1 aliphatic rings. The van der Waals surface area contributed by atoms with Crippen LogP contribution in [0.2, 0.25) is 0 Å². The fourth-order valence-corrected chi connectivity index (χ4v) is 3.47. The van der Waals surface area contributed by atoms with Crippen LogP contribution in [0.1, 0.15) is 57.8 Å². The van der Waals surface area contributed by atoms with Crippen molar-refractivity contribution < 1.29 is 19.5 Å². The van der Waals surface area contributed by atoms with Crippen LogP contribution >= 0.6 is 0 Å². The van der Waals surface area contributed by atoms with E-state index >= 15 is 0 Å². The number of tetrazole rings is 1. The minimum Gasteiger partial charge on any atom is -0.391 e. The lowest BCUT2D eigenvalue weighted by atomic mass is 10.1. The number of unbranched alkanes of at least 4 members (excludes halogenated alkanes) is 1. The summed E-state index contributed by atoms with van der Waals surface area (Å²) < 4.78 is 0. The van der Waals surface area contributed by atoms with Crippen LogP contribution in [0.15, 0.2) is 0 Å². The van der Waals surface area contributed by atoms with Gasteiger partial charge >= 0.3 is 0 Å². The number of hydrogen-bond acceptors (Lipinski definition) is 9. The van der Waals surface area contributed by atoms with Crippen LogP contribution in [-0.2, 0) is 14.4 Å². The van der Waals surface area contributed by atoms with Crippen molar-refractivity contribution in [1.82, 2.24) is 36.2 Å². The van der Waals surface area contributed by atoms with Gasteiger partial charge in [0.25, 0.3) is 0 Å². The van der Waals surface area contributed by atoms with Gasteiger partial charge in [-0.15, -0.1) is 10.2 Å². The van der Waals surface area contributed by atoms with Gasteiger partial charge in [0.2, 0.25) is 17.7 Å². The molecule has 1 aromatic rings. The van der Waals surface area contributed by atoms with Gasteiger partial charge in [-0.1, -0.05) is 5.21 Å². The lowest BCUT2D eigenvalue weighted by Gasteiger charge is -2.30. The Bertz CT molecular complexity index is 728. The number of aromatic amines is 1. The highest BCUT2D eigenvalue weighted by atomic mass is 16.3. The maximum absolute atomic E-state index is 13.3. The highest BCUT2D eigenvalue weighted by Crippen LogP contribution is 2.21. The van der Waals surface area contributed by atoms with Crippen molar-refractivity contribution in [3.05, 3.63) is 5.82 Å². The smallest absolute Gasteiger partial charge is 0.245 e. The molecule has 1 aliphatic heterocycles. The van der Waals surface area contributed by atoms with E-state index < -0.39 is 36.2 Å². The first-order chi connectivity index (χ1) is 14.8. The number of aliphatic hydroxyl groups is 1. The van der Waals surface area contributed by atoms with E-state index in [0.717, 1.165) is 0 Å². The zero-order chi connectivity index (χ0) is 23.0. The number of likely N-dealkylation sites (tertiary alicyclic amines) is 1. The lowest BCUT2D eigenvalue weighted by molar-refractivity contribution is -0.142. The molecule has 31 heavy (non-hydrogen) atoms. The topological polar surface area (TPSA) is 205 Å². The summed E-state index contributed by atoms with van der Waals surface area (Å²) in [5.41, 5.74) is 11.2. The summed E-state index contributed by atoms with van der Waals surface area (Å²) in [4.78, 5) is 39.9. The fourth-order valence-electron chi connectivity index (χ4n) is 3.47. The van der Waals surface area contributed by atoms with Crippen molar-refractivity contribution in [2.75, 3.05) is 13.1 Å². The molecule has 0 spiro atoms. The number of nitrogens with one attached hydrogen (secondary N) is 3. The third kappa shape index (κ3) is 6.67. The van der Waals surface area contributed by atoms with E-state index in [-0.39, 0.29) is 11.8 Å². The van der Waals surface area contributed by atoms with Gasteiger partial charge in [0.15, 0.2) is 5.82 Å². The van der Waals surface area contributed by atoms with Gasteiger partial charge in [0.05, 0.1) is 12.1 Å². The Morgan fingerprint density at radius 1 is 1.29 bits per heavy atom. The molecule has 174 valence electrons. The molecule has 0 aliphatic carbocycles. The molecule has 2 heterocycles. The Morgan fingerprint density at radius 3 is 2.65 bits per heavy atom. The molecule has 0 bridgehead atoms. The molecule has 5 atom stereocenters. The molecule has 5 unspecified atom stereocenters. The first-order valence-corrected chi connectivity index (χ1v) is 10.5. The summed E-state index contributed by atoms with van der Waals surface area (Å²) in [5, 5.41) is 28.5. The zero-order valence-corrected chi connectivity index (χ0v) is 18.0. The molecule has 1 fully saturated rings. The zero-order valence-electron chi connectivity index (χ0n) is 18.0. The number of nitrogens with two attached hydrogens (primary N) is 2. The molecule has 1 aromatic heterocycles. The average Bonchev–Trinajstić information content (AvgIpc) is 3.43. The normalized spacial score (nSPS) is 20.0. The maximum atomic E-state index is 13.3. The van der Waals surface area contributed by atoms with Crippen LogP contribution in [0, 0.1) is 0 Å². The number of hydrogen-bond donors (Lipinski definition) is 6. The quantitative estimate of drug-likeness (QED) is 0.204. The standard InChI is InChI=1S/C18H33N9O4/c1-10(15-23-25-26-24-15)21-16(29)13-7-5-9-27(13)18(31)12(6-3-4-8-19)22-17(30)14(20)11(2)28/h10-14,28H,3-9,19-20H2,1-2H3,(H,21,29)(H,22,30)(H,23,24,25,26). The molecule has 13 heteroatoms. The number of amides is 3. The first-order valence-electron chi connectivity index (χ1n) is 10.5. The number of nitrogens with zero attached hydrogens (tertiary/aromatic N) is 4. The van der Waals surface area contributed by atoms with Crippen molar-refractivity contribution in [3.8, 4) is 0 Å². The highest BCUT2D eigenvalue weighted by Gasteiger charge is 2.38. The van der Waals surface area contributed by atoms with E-state index in [2.05, 4.69) is 31.3 Å². The number of carbonyl (C=O) groups is 3. The summed E-state index contributed by atoms with van der Waals surface area (Å²) in [6.45, 7) is 3.99. The molecule has 1 saturated heterocycles. The van der Waals surface area contributed by atoms with Crippen molar-refractivity contribution in [3.63, 3.8) is 0 Å². The second-order valence-corrected chi connectivity index (χ2v) is 7.80. The molecular formula is C18H33N9O4. The van der Waals surface area contributed by atoms with Crippen LogP contribution in [0.5, 0.6) is 0 Å². The van der Waals surface area contributed by atoms with Crippen LogP contribution < -0.4 is 22.1 Å². The summed E-state index contributed by atoms with van der Waals surface area (Å²) >= 11 is 0. The lowest BCUT2D eigenvalue weighted by Crippen LogP contribution is -2.57. The molecule has 2 rings (SSSR count). The van der Waals surface area contributed by atoms with E-state index in [1.807, 2.05) is 0 Å². The van der Waals surface area contributed by atoms with Gasteiger partial charge in [0.1, 0.15) is 18.1 Å². The van der Waals surface area contributed by atoms with Gasteiger partial charge in [0, 0.05) is 6.54 Å². The van der Waals surface area contributed by atoms with Crippen molar-refractivity contribution in [2.45, 2.75) is 76.2 Å². The van der Waals surface area contributed by atoms with Crippen LogP contribution in [0.4, 0.5) is 0 Å². The third-order valence-corrected chi connectivity index (χ3v) is 5.33. The Labute approximate surface area is 180 Å². The van der Waals surface area contributed by atoms with Crippen LogP contribution in [0.25, 0.3) is 0 Å². The predicted molar refractivity (Wildman–Crippen MR) is 110 cm³/mol. The second-order valence-electron chi connectivity index (χ2n) is 7.80. The highest BCUT2D eigenvalue weighted by molar-refractivity contribution is 5.93. The summed E-state index contributed by atoms with van der Waals surface area (Å²) in [6, 6.07) is -3.15. The number of H-pyrrole nitrogens is 1. The molecule has 0 aromatic carbocycles.